The van der Waals surface area contributed by atoms with Gasteiger partial charge in [-0.25, -0.2) is 14.7 Å². The standard InChI is InChI=1S/3C18H11NO2/c3*20-17-14-9-3-4-10-15(14)18(21)19(17)16-11-5-7-12-6-1-2-8-13(12)16/h3*1-11H. The van der Waals surface area contributed by atoms with Gasteiger partial charge in [-0.05, 0) is 70.8 Å². The first-order valence-corrected chi connectivity index (χ1v) is 20.2. The molecule has 0 spiro atoms. The average molecular weight is 820 g/mol. The minimum Gasteiger partial charge on any atom is -0.268 e. The van der Waals surface area contributed by atoms with E-state index in [9.17, 15) is 28.8 Å². The number of anilines is 3. The van der Waals surface area contributed by atoms with E-state index in [4.69, 9.17) is 0 Å². The monoisotopic (exact) mass is 819 g/mol. The Morgan fingerprint density at radius 2 is 0.397 bits per heavy atom. The van der Waals surface area contributed by atoms with Gasteiger partial charge in [-0.15, -0.1) is 0 Å². The highest BCUT2D eigenvalue weighted by molar-refractivity contribution is 6.38. The number of benzene rings is 9. The highest BCUT2D eigenvalue weighted by Gasteiger charge is 2.39. The van der Waals surface area contributed by atoms with Crippen LogP contribution in [0, 0.1) is 0 Å². The summed E-state index contributed by atoms with van der Waals surface area (Å²) in [5.41, 5.74) is 4.72. The van der Waals surface area contributed by atoms with Crippen molar-refractivity contribution in [3.63, 3.8) is 0 Å². The van der Waals surface area contributed by atoms with Crippen LogP contribution in [0.1, 0.15) is 62.1 Å². The second-order valence-electron chi connectivity index (χ2n) is 15.0. The van der Waals surface area contributed by atoms with Crippen molar-refractivity contribution in [3.8, 4) is 0 Å². The van der Waals surface area contributed by atoms with E-state index >= 15 is 0 Å². The third kappa shape index (κ3) is 6.43. The van der Waals surface area contributed by atoms with Crippen molar-refractivity contribution in [1.82, 2.24) is 0 Å². The predicted molar refractivity (Wildman–Crippen MR) is 245 cm³/mol. The molecule has 0 aliphatic carbocycles. The molecule has 3 aliphatic rings. The van der Waals surface area contributed by atoms with Crippen LogP contribution in [0.2, 0.25) is 0 Å². The smallest absolute Gasteiger partial charge is 0.266 e. The maximum atomic E-state index is 12.6. The van der Waals surface area contributed by atoms with Crippen LogP contribution in [0.25, 0.3) is 32.3 Å². The average Bonchev–Trinajstić information content (AvgIpc) is 3.86. The van der Waals surface area contributed by atoms with Gasteiger partial charge in [0.25, 0.3) is 35.4 Å². The molecule has 0 N–H and O–H groups in total. The summed E-state index contributed by atoms with van der Waals surface area (Å²) in [7, 11) is 0. The molecule has 3 heterocycles. The Labute approximate surface area is 360 Å². The zero-order chi connectivity index (χ0) is 43.2. The quantitative estimate of drug-likeness (QED) is 0.164. The minimum absolute atomic E-state index is 0.257. The second-order valence-corrected chi connectivity index (χ2v) is 15.0. The van der Waals surface area contributed by atoms with Crippen molar-refractivity contribution < 1.29 is 28.8 Å². The van der Waals surface area contributed by atoms with E-state index in [1.807, 2.05) is 127 Å². The summed E-state index contributed by atoms with van der Waals surface area (Å²) in [6.07, 6.45) is 0. The van der Waals surface area contributed by atoms with Crippen LogP contribution in [-0.4, -0.2) is 35.4 Å². The van der Waals surface area contributed by atoms with Crippen molar-refractivity contribution >= 4 is 84.8 Å². The largest absolute Gasteiger partial charge is 0.268 e. The van der Waals surface area contributed by atoms with Crippen LogP contribution in [0.4, 0.5) is 17.1 Å². The molecule has 63 heavy (non-hydrogen) atoms. The molecule has 0 atom stereocenters. The van der Waals surface area contributed by atoms with Gasteiger partial charge in [0.1, 0.15) is 0 Å². The van der Waals surface area contributed by atoms with Gasteiger partial charge in [-0.1, -0.05) is 146 Å². The summed E-state index contributed by atoms with van der Waals surface area (Å²) in [4.78, 5) is 79.2. The van der Waals surface area contributed by atoms with Crippen molar-refractivity contribution in [2.45, 2.75) is 0 Å². The minimum atomic E-state index is -0.257. The molecule has 12 rings (SSSR count). The number of imide groups is 3. The van der Waals surface area contributed by atoms with Crippen molar-refractivity contribution in [3.05, 3.63) is 234 Å². The summed E-state index contributed by atoms with van der Waals surface area (Å²) in [6.45, 7) is 0. The van der Waals surface area contributed by atoms with Gasteiger partial charge in [0.15, 0.2) is 0 Å². The van der Waals surface area contributed by atoms with E-state index in [2.05, 4.69) is 0 Å². The van der Waals surface area contributed by atoms with E-state index in [0.29, 0.717) is 50.4 Å². The first-order chi connectivity index (χ1) is 30.8. The van der Waals surface area contributed by atoms with Gasteiger partial charge in [0, 0.05) is 16.2 Å². The molecule has 0 saturated carbocycles. The number of carbonyl (C=O) groups excluding carboxylic acids is 6. The summed E-state index contributed by atoms with van der Waals surface area (Å²) in [5.74, 6) is -1.54. The zero-order valence-electron chi connectivity index (χ0n) is 33.3. The van der Waals surface area contributed by atoms with Crippen LogP contribution in [0.15, 0.2) is 200 Å². The van der Waals surface area contributed by atoms with E-state index in [-0.39, 0.29) is 35.4 Å². The molecule has 0 unspecified atom stereocenters. The van der Waals surface area contributed by atoms with E-state index in [0.717, 1.165) is 32.3 Å². The topological polar surface area (TPSA) is 112 Å². The molecule has 3 aliphatic heterocycles. The van der Waals surface area contributed by atoms with Gasteiger partial charge in [0.05, 0.1) is 50.4 Å². The molecule has 0 fully saturated rings. The second kappa shape index (κ2) is 15.7. The third-order valence-electron chi connectivity index (χ3n) is 11.4. The molecule has 0 bridgehead atoms. The SMILES string of the molecule is O=C1c2ccccc2C(=O)N1c1cccc2ccccc12.O=C1c2ccccc2C(=O)N1c1cccc2ccccc12.O=C1c2ccccc2C(=O)N1c1cccc2ccccc12. The van der Waals surface area contributed by atoms with Gasteiger partial charge in [-0.3, -0.25) is 28.8 Å². The first-order valence-electron chi connectivity index (χ1n) is 20.2. The molecule has 0 radical (unpaired) electrons. The molecule has 9 heteroatoms. The third-order valence-corrected chi connectivity index (χ3v) is 11.4. The number of amides is 6. The Hall–Kier alpha value is -8.82. The molecule has 9 aromatic carbocycles. The lowest BCUT2D eigenvalue weighted by Gasteiger charge is -2.16. The van der Waals surface area contributed by atoms with Crippen molar-refractivity contribution in [2.24, 2.45) is 0 Å². The van der Waals surface area contributed by atoms with E-state index < -0.39 is 0 Å². The first kappa shape index (κ1) is 38.4. The van der Waals surface area contributed by atoms with Gasteiger partial charge in [0.2, 0.25) is 0 Å². The Bertz CT molecular complexity index is 2930. The fraction of sp³-hybridized carbons (Fsp3) is 0. The summed E-state index contributed by atoms with van der Waals surface area (Å²) in [6, 6.07) is 61.0. The van der Waals surface area contributed by atoms with Crippen LogP contribution < -0.4 is 14.7 Å². The molecule has 0 saturated heterocycles. The highest BCUT2D eigenvalue weighted by atomic mass is 16.2. The molecular formula is C54H33N3O6. The predicted octanol–water partition coefficient (Wildman–Crippen LogP) is 10.9. The lowest BCUT2D eigenvalue weighted by Crippen LogP contribution is -2.29. The maximum Gasteiger partial charge on any atom is 0.266 e. The number of fused-ring (bicyclic) bond motifs is 6. The van der Waals surface area contributed by atoms with Gasteiger partial charge < -0.3 is 0 Å². The Morgan fingerprint density at radius 3 is 0.635 bits per heavy atom. The fourth-order valence-corrected chi connectivity index (χ4v) is 8.43. The fourth-order valence-electron chi connectivity index (χ4n) is 8.43. The molecule has 9 nitrogen and oxygen atoms in total. The van der Waals surface area contributed by atoms with Crippen LogP contribution >= 0.6 is 0 Å². The van der Waals surface area contributed by atoms with Crippen molar-refractivity contribution in [1.29, 1.82) is 0 Å². The summed E-state index contributed by atoms with van der Waals surface area (Å²) in [5, 5.41) is 5.71. The number of rotatable bonds is 3. The van der Waals surface area contributed by atoms with Crippen LogP contribution in [0.3, 0.4) is 0 Å². The summed E-state index contributed by atoms with van der Waals surface area (Å²) < 4.78 is 0. The molecular weight excluding hydrogens is 787 g/mol. The zero-order valence-corrected chi connectivity index (χ0v) is 33.3. The number of carbonyl (C=O) groups is 6. The number of nitrogens with zero attached hydrogens (tertiary/aromatic N) is 3. The Morgan fingerprint density at radius 1 is 0.206 bits per heavy atom. The molecule has 300 valence electrons. The molecule has 0 aromatic heterocycles. The lowest BCUT2D eigenvalue weighted by molar-refractivity contribution is 0.0910. The van der Waals surface area contributed by atoms with Gasteiger partial charge in [-0.2, -0.15) is 0 Å². The van der Waals surface area contributed by atoms with E-state index in [1.165, 1.54) is 14.7 Å². The maximum absolute atomic E-state index is 12.6. The van der Waals surface area contributed by atoms with Crippen LogP contribution in [0.5, 0.6) is 0 Å². The molecule has 9 aromatic rings. The normalized spacial score (nSPS) is 13.8. The van der Waals surface area contributed by atoms with E-state index in [1.54, 1.807) is 72.8 Å². The summed E-state index contributed by atoms with van der Waals surface area (Å²) >= 11 is 0. The number of hydrogen-bond donors (Lipinski definition) is 0. The molecule has 6 amide bonds. The Kier molecular flexibility index (Phi) is 9.54. The van der Waals surface area contributed by atoms with Crippen LogP contribution in [-0.2, 0) is 0 Å². The van der Waals surface area contributed by atoms with Crippen molar-refractivity contribution in [2.75, 3.05) is 14.7 Å². The van der Waals surface area contributed by atoms with Gasteiger partial charge >= 0.3 is 0 Å². The number of hydrogen-bond acceptors (Lipinski definition) is 6. The lowest BCUT2D eigenvalue weighted by atomic mass is 10.1. The Balaban J connectivity index is 0.000000112. The highest BCUT2D eigenvalue weighted by Crippen LogP contribution is 2.36.